The van der Waals surface area contributed by atoms with Gasteiger partial charge in [-0.1, -0.05) is 12.1 Å². The Balaban J connectivity index is 1.64. The van der Waals surface area contributed by atoms with E-state index in [0.29, 0.717) is 12.2 Å². The molecule has 124 valence electrons. The summed E-state index contributed by atoms with van der Waals surface area (Å²) in [6.45, 7) is 0.858. The van der Waals surface area contributed by atoms with E-state index < -0.39 is 16.0 Å². The Bertz CT molecular complexity index is 738. The van der Waals surface area contributed by atoms with Crippen LogP contribution in [0.4, 0.5) is 0 Å². The van der Waals surface area contributed by atoms with E-state index in [0.717, 1.165) is 12.8 Å². The fourth-order valence-corrected chi connectivity index (χ4v) is 3.89. The highest BCUT2D eigenvalue weighted by Crippen LogP contribution is 2.26. The van der Waals surface area contributed by atoms with Crippen LogP contribution < -0.4 is 0 Å². The van der Waals surface area contributed by atoms with Gasteiger partial charge in [-0.05, 0) is 25.0 Å². The van der Waals surface area contributed by atoms with Crippen LogP contribution in [0.15, 0.2) is 33.6 Å². The first-order chi connectivity index (χ1) is 11.0. The second-order valence-electron chi connectivity index (χ2n) is 5.56. The van der Waals surface area contributed by atoms with Crippen LogP contribution in [-0.2, 0) is 24.3 Å². The fourth-order valence-electron chi connectivity index (χ4n) is 2.64. The van der Waals surface area contributed by atoms with Gasteiger partial charge in [0.1, 0.15) is 18.0 Å². The number of carbonyl (C=O) groups excluding carboxylic acids is 1. The van der Waals surface area contributed by atoms with Crippen molar-refractivity contribution in [3.05, 3.63) is 29.8 Å². The Morgan fingerprint density at radius 2 is 2.22 bits per heavy atom. The molecule has 8 heteroatoms. The van der Waals surface area contributed by atoms with Crippen molar-refractivity contribution in [3.8, 4) is 0 Å². The zero-order valence-corrected chi connectivity index (χ0v) is 13.6. The van der Waals surface area contributed by atoms with Crippen LogP contribution in [0.25, 0.3) is 0 Å². The van der Waals surface area contributed by atoms with Crippen molar-refractivity contribution in [2.45, 2.75) is 23.8 Å². The van der Waals surface area contributed by atoms with Crippen LogP contribution in [-0.4, -0.2) is 58.0 Å². The van der Waals surface area contributed by atoms with Gasteiger partial charge in [-0.25, -0.2) is 0 Å². The first kappa shape index (κ1) is 15.9. The smallest absolute Gasteiger partial charge is 0.325 e. The van der Waals surface area contributed by atoms with E-state index in [2.05, 4.69) is 4.40 Å². The second kappa shape index (κ2) is 6.29. The maximum Gasteiger partial charge on any atom is 0.325 e. The van der Waals surface area contributed by atoms with Crippen LogP contribution in [0.1, 0.15) is 18.4 Å². The number of hydrogen-bond acceptors (Lipinski definition) is 6. The largest absolute Gasteiger partial charge is 0.462 e. The van der Waals surface area contributed by atoms with Gasteiger partial charge in [-0.15, -0.1) is 4.40 Å². The van der Waals surface area contributed by atoms with E-state index in [-0.39, 0.29) is 30.0 Å². The number of nitrogens with zero attached hydrogens (tertiary/aromatic N) is 2. The topological polar surface area (TPSA) is 85.3 Å². The third-order valence-electron chi connectivity index (χ3n) is 3.79. The first-order valence-electron chi connectivity index (χ1n) is 7.40. The minimum absolute atomic E-state index is 0.0332. The van der Waals surface area contributed by atoms with E-state index in [4.69, 9.17) is 9.47 Å². The Morgan fingerprint density at radius 1 is 1.43 bits per heavy atom. The molecule has 1 aromatic carbocycles. The number of esters is 1. The summed E-state index contributed by atoms with van der Waals surface area (Å²) in [4.78, 5) is 13.6. The molecular weight excluding hydrogens is 320 g/mol. The molecule has 0 saturated carbocycles. The summed E-state index contributed by atoms with van der Waals surface area (Å²) < 4.78 is 38.3. The lowest BCUT2D eigenvalue weighted by Gasteiger charge is -2.18. The van der Waals surface area contributed by atoms with Crippen molar-refractivity contribution in [1.82, 2.24) is 4.90 Å². The van der Waals surface area contributed by atoms with Crippen molar-refractivity contribution in [2.75, 3.05) is 26.8 Å². The number of amidine groups is 1. The Hall–Kier alpha value is -1.93. The second-order valence-corrected chi connectivity index (χ2v) is 7.13. The third kappa shape index (κ3) is 3.37. The molecule has 0 radical (unpaired) electrons. The van der Waals surface area contributed by atoms with E-state index in [1.807, 2.05) is 0 Å². The molecule has 1 fully saturated rings. The van der Waals surface area contributed by atoms with Gasteiger partial charge in [0.15, 0.2) is 5.84 Å². The van der Waals surface area contributed by atoms with Crippen LogP contribution in [0.2, 0.25) is 0 Å². The van der Waals surface area contributed by atoms with Gasteiger partial charge in [0.05, 0.1) is 6.10 Å². The molecule has 7 nitrogen and oxygen atoms in total. The molecule has 0 spiro atoms. The number of sulfonamides is 1. The number of carbonyl (C=O) groups is 1. The van der Waals surface area contributed by atoms with Gasteiger partial charge in [-0.2, -0.15) is 8.42 Å². The number of likely N-dealkylation sites (N-methyl/N-ethyl adjacent to an activating group) is 1. The molecule has 0 aliphatic carbocycles. The van der Waals surface area contributed by atoms with Gasteiger partial charge in [0.25, 0.3) is 10.0 Å². The van der Waals surface area contributed by atoms with Crippen molar-refractivity contribution in [2.24, 2.45) is 4.40 Å². The molecule has 0 bridgehead atoms. The summed E-state index contributed by atoms with van der Waals surface area (Å²) in [6.07, 6.45) is 1.84. The number of hydrogen-bond donors (Lipinski definition) is 0. The number of ether oxygens (including phenoxy) is 2. The highest BCUT2D eigenvalue weighted by molar-refractivity contribution is 7.90. The lowest BCUT2D eigenvalue weighted by Crippen LogP contribution is -2.34. The van der Waals surface area contributed by atoms with Crippen molar-refractivity contribution >= 4 is 21.8 Å². The lowest BCUT2D eigenvalue weighted by molar-refractivity contribution is -0.147. The maximum atomic E-state index is 12.0. The first-order valence-corrected chi connectivity index (χ1v) is 8.84. The zero-order chi connectivity index (χ0) is 16.4. The van der Waals surface area contributed by atoms with E-state index in [9.17, 15) is 13.2 Å². The van der Waals surface area contributed by atoms with Crippen molar-refractivity contribution < 1.29 is 22.7 Å². The SMILES string of the molecule is CN(CC(=O)OCC1CCCO1)C1=NS(=O)(=O)c2ccccc21. The van der Waals surface area contributed by atoms with Crippen molar-refractivity contribution in [1.29, 1.82) is 0 Å². The van der Waals surface area contributed by atoms with E-state index in [1.165, 1.54) is 11.0 Å². The summed E-state index contributed by atoms with van der Waals surface area (Å²) in [5.41, 5.74) is 0.502. The molecule has 0 amide bonds. The summed E-state index contributed by atoms with van der Waals surface area (Å²) >= 11 is 0. The Morgan fingerprint density at radius 3 is 2.96 bits per heavy atom. The van der Waals surface area contributed by atoms with E-state index >= 15 is 0 Å². The molecule has 23 heavy (non-hydrogen) atoms. The summed E-state index contributed by atoms with van der Waals surface area (Å²) in [5.74, 6) is -0.179. The van der Waals surface area contributed by atoms with Crippen LogP contribution >= 0.6 is 0 Å². The van der Waals surface area contributed by atoms with E-state index in [1.54, 1.807) is 25.2 Å². The fraction of sp³-hybridized carbons (Fsp3) is 0.467. The summed E-state index contributed by atoms with van der Waals surface area (Å²) in [6, 6.07) is 6.56. The molecule has 2 aliphatic rings. The predicted octanol–water partition coefficient (Wildman–Crippen LogP) is 0.789. The molecule has 2 heterocycles. The average molecular weight is 338 g/mol. The van der Waals surface area contributed by atoms with Gasteiger partial charge in [0, 0.05) is 19.2 Å². The number of rotatable bonds is 4. The van der Waals surface area contributed by atoms with Crippen LogP contribution in [0, 0.1) is 0 Å². The van der Waals surface area contributed by atoms with Gasteiger partial charge in [-0.3, -0.25) is 4.79 Å². The standard InChI is InChI=1S/C15H18N2O5S/c1-17(9-14(18)22-10-11-5-4-8-21-11)15-12-6-2-3-7-13(12)23(19,20)16-15/h2-3,6-7,11H,4-5,8-10H2,1H3. The highest BCUT2D eigenvalue weighted by atomic mass is 32.2. The third-order valence-corrected chi connectivity index (χ3v) is 5.12. The molecule has 0 aromatic heterocycles. The molecule has 1 saturated heterocycles. The van der Waals surface area contributed by atoms with Crippen LogP contribution in [0.3, 0.4) is 0 Å². The molecule has 1 unspecified atom stereocenters. The molecule has 2 aliphatic heterocycles. The summed E-state index contributed by atoms with van der Waals surface area (Å²) in [5, 5.41) is 0. The molecule has 1 aromatic rings. The van der Waals surface area contributed by atoms with Gasteiger partial charge >= 0.3 is 5.97 Å². The number of fused-ring (bicyclic) bond motifs is 1. The van der Waals surface area contributed by atoms with Gasteiger partial charge in [0.2, 0.25) is 0 Å². The molecule has 3 rings (SSSR count). The Kier molecular flexibility index (Phi) is 4.36. The predicted molar refractivity (Wildman–Crippen MR) is 82.7 cm³/mol. The maximum absolute atomic E-state index is 12.0. The normalized spacial score (nSPS) is 21.6. The molecule has 1 atom stereocenters. The highest BCUT2D eigenvalue weighted by Gasteiger charge is 2.31. The monoisotopic (exact) mass is 338 g/mol. The minimum Gasteiger partial charge on any atom is -0.462 e. The average Bonchev–Trinajstić information content (AvgIpc) is 3.12. The Labute approximate surface area is 135 Å². The summed E-state index contributed by atoms with van der Waals surface area (Å²) in [7, 11) is -2.07. The molecular formula is C15H18N2O5S. The quantitative estimate of drug-likeness (QED) is 0.755. The molecule has 0 N–H and O–H groups in total. The van der Waals surface area contributed by atoms with Crippen LogP contribution in [0.5, 0.6) is 0 Å². The zero-order valence-electron chi connectivity index (χ0n) is 12.8. The minimum atomic E-state index is -3.69. The number of benzene rings is 1. The van der Waals surface area contributed by atoms with Gasteiger partial charge < -0.3 is 14.4 Å². The lowest BCUT2D eigenvalue weighted by atomic mass is 10.2. The van der Waals surface area contributed by atoms with Crippen molar-refractivity contribution in [3.63, 3.8) is 0 Å².